The second kappa shape index (κ2) is 6.51. The Labute approximate surface area is 138 Å². The zero-order chi connectivity index (χ0) is 16.4. The van der Waals surface area contributed by atoms with Crippen LogP contribution in [0.25, 0.3) is 0 Å². The van der Waals surface area contributed by atoms with Crippen LogP contribution in [-0.4, -0.2) is 38.0 Å². The zero-order valence-corrected chi connectivity index (χ0v) is 14.6. The van der Waals surface area contributed by atoms with Crippen molar-refractivity contribution in [2.24, 2.45) is 11.0 Å². The summed E-state index contributed by atoms with van der Waals surface area (Å²) in [5.74, 6) is 1.20. The smallest absolute Gasteiger partial charge is 0.247 e. The first-order valence-electron chi connectivity index (χ1n) is 8.20. The number of sulfonamides is 1. The van der Waals surface area contributed by atoms with Crippen molar-refractivity contribution >= 4 is 15.7 Å². The molecule has 1 aliphatic carbocycles. The number of ether oxygens (including phenoxy) is 1. The standard InChI is InChI=1S/C17H24N2O3S/c1-22-15-10-8-13(9-11-15)16-12-17(14-6-4-3-5-7-14)19(18-16)23(2,20)21/h8-11,14,17H,3-7,12H2,1-2H3. The van der Waals surface area contributed by atoms with Crippen LogP contribution in [0.5, 0.6) is 5.75 Å². The molecule has 1 aliphatic heterocycles. The summed E-state index contributed by atoms with van der Waals surface area (Å²) < 4.78 is 30.9. The van der Waals surface area contributed by atoms with Crippen LogP contribution < -0.4 is 4.74 Å². The van der Waals surface area contributed by atoms with E-state index in [0.717, 1.165) is 29.9 Å². The van der Waals surface area contributed by atoms with Crippen molar-refractivity contribution in [1.29, 1.82) is 0 Å². The van der Waals surface area contributed by atoms with Gasteiger partial charge in [-0.2, -0.15) is 9.52 Å². The molecule has 1 fully saturated rings. The normalized spacial score (nSPS) is 23.0. The maximum Gasteiger partial charge on any atom is 0.247 e. The molecule has 1 saturated carbocycles. The Morgan fingerprint density at radius 1 is 1.13 bits per heavy atom. The van der Waals surface area contributed by atoms with Crippen LogP contribution in [0.2, 0.25) is 0 Å². The first-order chi connectivity index (χ1) is 11.0. The molecule has 2 aliphatic rings. The fourth-order valence-corrected chi connectivity index (χ4v) is 4.64. The third-order valence-corrected chi connectivity index (χ3v) is 5.89. The van der Waals surface area contributed by atoms with Gasteiger partial charge in [-0.25, -0.2) is 8.42 Å². The number of benzene rings is 1. The Kier molecular flexibility index (Phi) is 4.62. The molecule has 0 aromatic heterocycles. The van der Waals surface area contributed by atoms with Crippen molar-refractivity contribution in [3.05, 3.63) is 29.8 Å². The van der Waals surface area contributed by atoms with Crippen molar-refractivity contribution in [3.8, 4) is 5.75 Å². The van der Waals surface area contributed by atoms with Gasteiger partial charge in [-0.3, -0.25) is 0 Å². The van der Waals surface area contributed by atoms with E-state index in [9.17, 15) is 8.42 Å². The molecule has 0 N–H and O–H groups in total. The monoisotopic (exact) mass is 336 g/mol. The lowest BCUT2D eigenvalue weighted by Gasteiger charge is -2.31. The summed E-state index contributed by atoms with van der Waals surface area (Å²) in [6.45, 7) is 0. The van der Waals surface area contributed by atoms with Gasteiger partial charge in [0.05, 0.1) is 25.1 Å². The molecule has 3 rings (SSSR count). The molecule has 126 valence electrons. The molecule has 0 radical (unpaired) electrons. The summed E-state index contributed by atoms with van der Waals surface area (Å²) in [7, 11) is -1.70. The summed E-state index contributed by atoms with van der Waals surface area (Å²) in [5, 5.41) is 4.46. The number of hydrogen-bond donors (Lipinski definition) is 0. The second-order valence-electron chi connectivity index (χ2n) is 6.48. The van der Waals surface area contributed by atoms with E-state index in [0.29, 0.717) is 12.3 Å². The number of hydrazone groups is 1. The van der Waals surface area contributed by atoms with Crippen molar-refractivity contribution in [3.63, 3.8) is 0 Å². The van der Waals surface area contributed by atoms with Crippen LogP contribution >= 0.6 is 0 Å². The van der Waals surface area contributed by atoms with E-state index in [2.05, 4.69) is 5.10 Å². The molecule has 1 atom stereocenters. The van der Waals surface area contributed by atoms with Gasteiger partial charge in [0.15, 0.2) is 0 Å². The predicted molar refractivity (Wildman–Crippen MR) is 91.2 cm³/mol. The minimum atomic E-state index is -3.33. The highest BCUT2D eigenvalue weighted by molar-refractivity contribution is 7.88. The van der Waals surface area contributed by atoms with E-state index in [-0.39, 0.29) is 6.04 Å². The van der Waals surface area contributed by atoms with Crippen LogP contribution in [0.3, 0.4) is 0 Å². The summed E-state index contributed by atoms with van der Waals surface area (Å²) in [4.78, 5) is 0. The maximum atomic E-state index is 12.2. The van der Waals surface area contributed by atoms with Crippen molar-refractivity contribution < 1.29 is 13.2 Å². The van der Waals surface area contributed by atoms with Crippen LogP contribution in [0, 0.1) is 5.92 Å². The molecule has 0 amide bonds. The van der Waals surface area contributed by atoms with E-state index >= 15 is 0 Å². The van der Waals surface area contributed by atoms with Crippen molar-refractivity contribution in [2.75, 3.05) is 13.4 Å². The van der Waals surface area contributed by atoms with Gasteiger partial charge in [-0.1, -0.05) is 19.3 Å². The molecule has 1 aromatic carbocycles. The minimum absolute atomic E-state index is 0.0256. The SMILES string of the molecule is COc1ccc(C2=NN(S(C)(=O)=O)C(C3CCCCC3)C2)cc1. The quantitative estimate of drug-likeness (QED) is 0.849. The Hall–Kier alpha value is -1.56. The summed E-state index contributed by atoms with van der Waals surface area (Å²) in [6.07, 6.45) is 7.79. The van der Waals surface area contributed by atoms with Gasteiger partial charge >= 0.3 is 0 Å². The number of methoxy groups -OCH3 is 1. The van der Waals surface area contributed by atoms with Gasteiger partial charge in [0.25, 0.3) is 0 Å². The Bertz CT molecular complexity index is 676. The predicted octanol–water partition coefficient (Wildman–Crippen LogP) is 3.01. The molecule has 1 aromatic rings. The van der Waals surface area contributed by atoms with E-state index < -0.39 is 10.0 Å². The van der Waals surface area contributed by atoms with Crippen LogP contribution in [0.1, 0.15) is 44.1 Å². The molecule has 23 heavy (non-hydrogen) atoms. The third-order valence-electron chi connectivity index (χ3n) is 4.86. The molecule has 1 unspecified atom stereocenters. The molecule has 6 heteroatoms. The van der Waals surface area contributed by atoms with E-state index in [4.69, 9.17) is 4.74 Å². The average Bonchev–Trinajstić information content (AvgIpc) is 3.01. The van der Waals surface area contributed by atoms with Crippen LogP contribution in [0.4, 0.5) is 0 Å². The Balaban J connectivity index is 1.86. The molecule has 0 saturated heterocycles. The number of rotatable bonds is 4. The fourth-order valence-electron chi connectivity index (χ4n) is 3.66. The topological polar surface area (TPSA) is 59.0 Å². The molecular weight excluding hydrogens is 312 g/mol. The zero-order valence-electron chi connectivity index (χ0n) is 13.7. The van der Waals surface area contributed by atoms with Crippen molar-refractivity contribution in [1.82, 2.24) is 4.41 Å². The highest BCUT2D eigenvalue weighted by Crippen LogP contribution is 2.35. The molecule has 0 spiro atoms. The lowest BCUT2D eigenvalue weighted by molar-refractivity contribution is 0.216. The van der Waals surface area contributed by atoms with Crippen LogP contribution in [0.15, 0.2) is 29.4 Å². The first kappa shape index (κ1) is 16.3. The number of nitrogens with zero attached hydrogens (tertiary/aromatic N) is 2. The summed E-state index contributed by atoms with van der Waals surface area (Å²) in [6, 6.07) is 7.64. The lowest BCUT2D eigenvalue weighted by Crippen LogP contribution is -2.38. The summed E-state index contributed by atoms with van der Waals surface area (Å²) in [5.41, 5.74) is 1.83. The fraction of sp³-hybridized carbons (Fsp3) is 0.588. The third kappa shape index (κ3) is 3.52. The maximum absolute atomic E-state index is 12.2. The van der Waals surface area contributed by atoms with Crippen LogP contribution in [-0.2, 0) is 10.0 Å². The molecule has 1 heterocycles. The lowest BCUT2D eigenvalue weighted by atomic mass is 9.82. The van der Waals surface area contributed by atoms with Crippen molar-refractivity contribution in [2.45, 2.75) is 44.6 Å². The average molecular weight is 336 g/mol. The van der Waals surface area contributed by atoms with E-state index in [1.807, 2.05) is 24.3 Å². The van der Waals surface area contributed by atoms with E-state index in [1.54, 1.807) is 7.11 Å². The van der Waals surface area contributed by atoms with Gasteiger partial charge in [-0.05, 0) is 48.6 Å². The van der Waals surface area contributed by atoms with Gasteiger partial charge in [0.1, 0.15) is 5.75 Å². The molecular formula is C17H24N2O3S. The van der Waals surface area contributed by atoms with Gasteiger partial charge in [0.2, 0.25) is 10.0 Å². The number of hydrogen-bond acceptors (Lipinski definition) is 4. The van der Waals surface area contributed by atoms with Gasteiger partial charge in [0, 0.05) is 6.42 Å². The minimum Gasteiger partial charge on any atom is -0.497 e. The Morgan fingerprint density at radius 2 is 1.78 bits per heavy atom. The van der Waals surface area contributed by atoms with Gasteiger partial charge < -0.3 is 4.74 Å². The highest BCUT2D eigenvalue weighted by Gasteiger charge is 2.38. The highest BCUT2D eigenvalue weighted by atomic mass is 32.2. The second-order valence-corrected chi connectivity index (χ2v) is 8.32. The Morgan fingerprint density at radius 3 is 2.35 bits per heavy atom. The van der Waals surface area contributed by atoms with Gasteiger partial charge in [-0.15, -0.1) is 0 Å². The first-order valence-corrected chi connectivity index (χ1v) is 10.0. The van der Waals surface area contributed by atoms with E-state index in [1.165, 1.54) is 29.9 Å². The largest absolute Gasteiger partial charge is 0.497 e. The summed E-state index contributed by atoms with van der Waals surface area (Å²) >= 11 is 0. The molecule has 0 bridgehead atoms. The molecule has 5 nitrogen and oxygen atoms in total.